The summed E-state index contributed by atoms with van der Waals surface area (Å²) in [5.41, 5.74) is 7.75. The van der Waals surface area contributed by atoms with Gasteiger partial charge >= 0.3 is 0 Å². The Morgan fingerprint density at radius 2 is 2.32 bits per heavy atom. The smallest absolute Gasteiger partial charge is 0.294 e. The van der Waals surface area contributed by atoms with E-state index < -0.39 is 0 Å². The molecule has 1 aromatic carbocycles. The third-order valence-corrected chi connectivity index (χ3v) is 2.41. The summed E-state index contributed by atoms with van der Waals surface area (Å²) in [6.45, 7) is 2.22. The average Bonchev–Trinajstić information content (AvgIpc) is 2.93. The average molecular weight is 255 g/mol. The first-order chi connectivity index (χ1) is 9.20. The van der Waals surface area contributed by atoms with Crippen LogP contribution in [0.3, 0.4) is 0 Å². The van der Waals surface area contributed by atoms with Crippen LogP contribution in [0.2, 0.25) is 0 Å². The number of nitrogens with zero attached hydrogens (tertiary/aromatic N) is 1. The highest BCUT2D eigenvalue weighted by Gasteiger charge is 2.11. The Hall–Kier alpha value is -2.58. The number of aryl methyl sites for hydroxylation is 1. The van der Waals surface area contributed by atoms with Crippen molar-refractivity contribution in [2.45, 2.75) is 6.92 Å². The van der Waals surface area contributed by atoms with Gasteiger partial charge in [0.25, 0.3) is 5.91 Å². The normalized spacial score (nSPS) is 9.58. The van der Waals surface area contributed by atoms with Crippen LogP contribution in [0.4, 0.5) is 5.69 Å². The molecule has 0 spiro atoms. The molecule has 0 saturated heterocycles. The Bertz CT molecular complexity index is 636. The van der Waals surface area contributed by atoms with E-state index in [9.17, 15) is 4.79 Å². The third-order valence-electron chi connectivity index (χ3n) is 2.41. The summed E-state index contributed by atoms with van der Waals surface area (Å²) in [6.07, 6.45) is 1.42. The van der Waals surface area contributed by atoms with Gasteiger partial charge in [-0.25, -0.2) is 0 Å². The van der Waals surface area contributed by atoms with Gasteiger partial charge in [-0.05, 0) is 24.6 Å². The molecule has 2 rings (SSSR count). The Morgan fingerprint density at radius 1 is 1.47 bits per heavy atom. The molecule has 19 heavy (non-hydrogen) atoms. The standard InChI is InChI=1S/C14H13N3O2/c1-10-4-5-12(11(9-10)3-2-7-15)17-14(18)13-6-8-16-19-13/h4-6,8-9H,7,15H2,1H3,(H,17,18). The molecule has 0 aliphatic rings. The molecule has 0 unspecified atom stereocenters. The van der Waals surface area contributed by atoms with Crippen LogP contribution in [0.15, 0.2) is 35.0 Å². The molecular formula is C14H13N3O2. The minimum absolute atomic E-state index is 0.151. The zero-order valence-corrected chi connectivity index (χ0v) is 10.4. The summed E-state index contributed by atoms with van der Waals surface area (Å²) in [4.78, 5) is 11.9. The van der Waals surface area contributed by atoms with Gasteiger partial charge in [0.15, 0.2) is 0 Å². The maximum atomic E-state index is 11.9. The van der Waals surface area contributed by atoms with Crippen LogP contribution in [0.25, 0.3) is 0 Å². The van der Waals surface area contributed by atoms with Crippen molar-refractivity contribution in [3.63, 3.8) is 0 Å². The van der Waals surface area contributed by atoms with Gasteiger partial charge in [-0.1, -0.05) is 23.1 Å². The molecule has 5 nitrogen and oxygen atoms in total. The summed E-state index contributed by atoms with van der Waals surface area (Å²) >= 11 is 0. The summed E-state index contributed by atoms with van der Waals surface area (Å²) in [7, 11) is 0. The first-order valence-corrected chi connectivity index (χ1v) is 5.72. The molecule has 96 valence electrons. The van der Waals surface area contributed by atoms with Crippen molar-refractivity contribution in [3.05, 3.63) is 47.3 Å². The van der Waals surface area contributed by atoms with Crippen molar-refractivity contribution in [2.24, 2.45) is 5.73 Å². The second-order valence-corrected chi connectivity index (χ2v) is 3.89. The number of rotatable bonds is 2. The fourth-order valence-electron chi connectivity index (χ4n) is 1.53. The van der Waals surface area contributed by atoms with Crippen LogP contribution in [0.5, 0.6) is 0 Å². The third kappa shape index (κ3) is 3.21. The van der Waals surface area contributed by atoms with Crippen molar-refractivity contribution in [3.8, 4) is 11.8 Å². The number of carbonyl (C=O) groups is 1. The van der Waals surface area contributed by atoms with Crippen LogP contribution in [-0.2, 0) is 0 Å². The second-order valence-electron chi connectivity index (χ2n) is 3.89. The Morgan fingerprint density at radius 3 is 3.00 bits per heavy atom. The number of benzene rings is 1. The number of anilines is 1. The van der Waals surface area contributed by atoms with Crippen LogP contribution in [0, 0.1) is 18.8 Å². The molecule has 2 aromatic rings. The molecular weight excluding hydrogens is 242 g/mol. The maximum Gasteiger partial charge on any atom is 0.294 e. The lowest BCUT2D eigenvalue weighted by molar-refractivity contribution is 0.0988. The Balaban J connectivity index is 2.27. The highest BCUT2D eigenvalue weighted by Crippen LogP contribution is 2.17. The fourth-order valence-corrected chi connectivity index (χ4v) is 1.53. The first-order valence-electron chi connectivity index (χ1n) is 5.72. The molecule has 0 radical (unpaired) electrons. The van der Waals surface area contributed by atoms with Gasteiger partial charge in [0.2, 0.25) is 5.76 Å². The van der Waals surface area contributed by atoms with Gasteiger partial charge in [0.05, 0.1) is 18.4 Å². The summed E-state index contributed by atoms with van der Waals surface area (Å²) in [5.74, 6) is 5.49. The van der Waals surface area contributed by atoms with Gasteiger partial charge in [-0.15, -0.1) is 0 Å². The van der Waals surface area contributed by atoms with E-state index in [0.717, 1.165) is 11.1 Å². The van der Waals surface area contributed by atoms with Crippen molar-refractivity contribution < 1.29 is 9.32 Å². The van der Waals surface area contributed by atoms with E-state index in [1.807, 2.05) is 19.1 Å². The van der Waals surface area contributed by atoms with Crippen LogP contribution in [0.1, 0.15) is 21.7 Å². The van der Waals surface area contributed by atoms with Crippen LogP contribution >= 0.6 is 0 Å². The topological polar surface area (TPSA) is 81.2 Å². The number of nitrogens with two attached hydrogens (primary N) is 1. The quantitative estimate of drug-likeness (QED) is 0.798. The second kappa shape index (κ2) is 5.85. The van der Waals surface area contributed by atoms with Gasteiger partial charge in [-0.2, -0.15) is 0 Å². The number of hydrogen-bond donors (Lipinski definition) is 2. The lowest BCUT2D eigenvalue weighted by Crippen LogP contribution is -2.12. The molecule has 3 N–H and O–H groups in total. The van der Waals surface area contributed by atoms with E-state index in [1.54, 1.807) is 6.07 Å². The fraction of sp³-hybridized carbons (Fsp3) is 0.143. The molecule has 0 saturated carbocycles. The molecule has 5 heteroatoms. The van der Waals surface area contributed by atoms with Crippen molar-refractivity contribution in [1.29, 1.82) is 0 Å². The molecule has 1 amide bonds. The molecule has 0 atom stereocenters. The van der Waals surface area contributed by atoms with E-state index >= 15 is 0 Å². The van der Waals surface area contributed by atoms with E-state index in [0.29, 0.717) is 5.69 Å². The van der Waals surface area contributed by atoms with Gasteiger partial charge in [-0.3, -0.25) is 4.79 Å². The highest BCUT2D eigenvalue weighted by molar-refractivity contribution is 6.02. The largest absolute Gasteiger partial charge is 0.351 e. The maximum absolute atomic E-state index is 11.9. The van der Waals surface area contributed by atoms with Crippen LogP contribution in [-0.4, -0.2) is 17.6 Å². The molecule has 1 heterocycles. The predicted octanol–water partition coefficient (Wildman–Crippen LogP) is 1.55. The number of carbonyl (C=O) groups excluding carboxylic acids is 1. The number of nitrogens with one attached hydrogen (secondary N) is 1. The number of amides is 1. The summed E-state index contributed by atoms with van der Waals surface area (Å²) < 4.78 is 4.79. The SMILES string of the molecule is Cc1ccc(NC(=O)c2ccno2)c(C#CCN)c1. The molecule has 0 aliphatic carbocycles. The van der Waals surface area contributed by atoms with E-state index in [4.69, 9.17) is 10.3 Å². The molecule has 1 aromatic heterocycles. The number of aromatic nitrogens is 1. The predicted molar refractivity (Wildman–Crippen MR) is 71.6 cm³/mol. The minimum Gasteiger partial charge on any atom is -0.351 e. The van der Waals surface area contributed by atoms with Crippen LogP contribution < -0.4 is 11.1 Å². The molecule has 0 fully saturated rings. The zero-order valence-electron chi connectivity index (χ0n) is 10.4. The lowest BCUT2D eigenvalue weighted by atomic mass is 10.1. The lowest BCUT2D eigenvalue weighted by Gasteiger charge is -2.06. The van der Waals surface area contributed by atoms with Gasteiger partial charge in [0.1, 0.15) is 0 Å². The monoisotopic (exact) mass is 255 g/mol. The van der Waals surface area contributed by atoms with Crippen molar-refractivity contribution in [2.75, 3.05) is 11.9 Å². The number of hydrogen-bond acceptors (Lipinski definition) is 4. The Kier molecular flexibility index (Phi) is 3.96. The van der Waals surface area contributed by atoms with E-state index in [-0.39, 0.29) is 18.2 Å². The highest BCUT2D eigenvalue weighted by atomic mass is 16.5. The Labute approximate surface area is 110 Å². The first kappa shape index (κ1) is 12.9. The molecule has 0 bridgehead atoms. The summed E-state index contributed by atoms with van der Waals surface area (Å²) in [5, 5.41) is 6.22. The van der Waals surface area contributed by atoms with Gasteiger partial charge < -0.3 is 15.6 Å². The zero-order chi connectivity index (χ0) is 13.7. The molecule has 0 aliphatic heterocycles. The van der Waals surface area contributed by atoms with Crippen molar-refractivity contribution >= 4 is 11.6 Å². The van der Waals surface area contributed by atoms with E-state index in [2.05, 4.69) is 22.3 Å². The van der Waals surface area contributed by atoms with Gasteiger partial charge in [0, 0.05) is 11.6 Å². The van der Waals surface area contributed by atoms with Crippen molar-refractivity contribution in [1.82, 2.24) is 5.16 Å². The summed E-state index contributed by atoms with van der Waals surface area (Å²) in [6, 6.07) is 7.07. The van der Waals surface area contributed by atoms with E-state index in [1.165, 1.54) is 12.3 Å². The minimum atomic E-state index is -0.364.